The Morgan fingerprint density at radius 3 is 0.831 bits per heavy atom. The Morgan fingerprint density at radius 1 is 0.202 bits per heavy atom. The van der Waals surface area contributed by atoms with E-state index in [4.69, 9.17) is 14.4 Å². The van der Waals surface area contributed by atoms with Crippen molar-refractivity contribution in [1.29, 1.82) is 0 Å². The molecule has 2 aromatic heterocycles. The van der Waals surface area contributed by atoms with E-state index in [9.17, 15) is 0 Å². The Hall–Kier alpha value is -11.7. The lowest BCUT2D eigenvalue weighted by Crippen LogP contribution is -2.25. The Labute approximate surface area is 514 Å². The van der Waals surface area contributed by atoms with E-state index in [0.717, 1.165) is 78.1 Å². The molecule has 412 valence electrons. The minimum atomic E-state index is -0.515. The number of aromatic nitrogens is 4. The number of benzene rings is 13. The van der Waals surface area contributed by atoms with Crippen molar-refractivity contribution in [3.63, 3.8) is 0 Å². The van der Waals surface area contributed by atoms with Gasteiger partial charge in [0.15, 0.2) is 0 Å². The Morgan fingerprint density at radius 2 is 0.461 bits per heavy atom. The zero-order chi connectivity index (χ0) is 58.4. The van der Waals surface area contributed by atoms with E-state index >= 15 is 0 Å². The summed E-state index contributed by atoms with van der Waals surface area (Å²) in [7, 11) is 0. The van der Waals surface area contributed by atoms with Gasteiger partial charge < -0.3 is 4.42 Å². The van der Waals surface area contributed by atoms with E-state index < -0.39 is 10.8 Å². The van der Waals surface area contributed by atoms with Gasteiger partial charge in [-0.3, -0.25) is 0 Å². The summed E-state index contributed by atoms with van der Waals surface area (Å²) in [5, 5.41) is 8.73. The molecule has 0 saturated heterocycles. The van der Waals surface area contributed by atoms with Crippen LogP contribution in [0.3, 0.4) is 0 Å². The second kappa shape index (κ2) is 18.9. The van der Waals surface area contributed by atoms with Crippen molar-refractivity contribution in [1.82, 2.24) is 20.2 Å². The maximum Gasteiger partial charge on any atom is 0.248 e. The van der Waals surface area contributed by atoms with Crippen molar-refractivity contribution in [2.45, 2.75) is 10.8 Å². The van der Waals surface area contributed by atoms with E-state index in [1.165, 1.54) is 89.0 Å². The largest absolute Gasteiger partial charge is 0.416 e. The van der Waals surface area contributed by atoms with Crippen LogP contribution in [0.15, 0.2) is 308 Å². The lowest BCUT2D eigenvalue weighted by Gasteiger charge is -2.31. The molecule has 5 heteroatoms. The van der Waals surface area contributed by atoms with Gasteiger partial charge in [0.2, 0.25) is 11.8 Å². The summed E-state index contributed by atoms with van der Waals surface area (Å²) in [6.07, 6.45) is 0. The maximum absolute atomic E-state index is 6.13. The van der Waals surface area contributed by atoms with Gasteiger partial charge >= 0.3 is 0 Å². The topological polar surface area (TPSA) is 64.7 Å². The molecule has 0 amide bonds. The number of rotatable bonds is 7. The molecule has 0 saturated carbocycles. The summed E-state index contributed by atoms with van der Waals surface area (Å²) in [5.41, 5.74) is 32.9. The first-order valence-electron chi connectivity index (χ1n) is 30.5. The minimum Gasteiger partial charge on any atom is -0.416 e. The van der Waals surface area contributed by atoms with Crippen LogP contribution in [0.4, 0.5) is 0 Å². The van der Waals surface area contributed by atoms with Gasteiger partial charge in [-0.05, 0) is 148 Å². The van der Waals surface area contributed by atoms with E-state index in [-0.39, 0.29) is 0 Å². The molecule has 89 heavy (non-hydrogen) atoms. The monoisotopic (exact) mass is 1130 g/mol. The normalized spacial score (nSPS) is 13.6. The number of hydrogen-bond donors (Lipinski definition) is 0. The lowest BCUT2D eigenvalue weighted by atomic mass is 9.70. The predicted molar refractivity (Wildman–Crippen MR) is 358 cm³/mol. The van der Waals surface area contributed by atoms with Gasteiger partial charge in [0, 0.05) is 33.4 Å². The van der Waals surface area contributed by atoms with Crippen molar-refractivity contribution >= 4 is 11.0 Å². The van der Waals surface area contributed by atoms with Crippen LogP contribution in [0.1, 0.15) is 44.5 Å². The van der Waals surface area contributed by atoms with Crippen LogP contribution in [-0.2, 0) is 10.8 Å². The Balaban J connectivity index is 0.818. The Bertz CT molecular complexity index is 5310. The molecule has 2 spiro atoms. The van der Waals surface area contributed by atoms with E-state index in [1.807, 2.05) is 42.5 Å². The number of fused-ring (bicyclic) bond motifs is 21. The van der Waals surface area contributed by atoms with Gasteiger partial charge in [-0.15, -0.1) is 10.2 Å². The lowest BCUT2D eigenvalue weighted by molar-refractivity contribution is 0.584. The fourth-order valence-corrected chi connectivity index (χ4v) is 15.8. The van der Waals surface area contributed by atoms with Crippen molar-refractivity contribution in [3.8, 4) is 123 Å². The fourth-order valence-electron chi connectivity index (χ4n) is 15.8. The molecular formula is C84H50N4O. The molecule has 0 atom stereocenters. The summed E-state index contributed by atoms with van der Waals surface area (Å²) >= 11 is 0. The van der Waals surface area contributed by atoms with Crippen LogP contribution >= 0.6 is 0 Å². The molecule has 4 aliphatic carbocycles. The summed E-state index contributed by atoms with van der Waals surface area (Å²) in [5.74, 6) is 0.972. The highest BCUT2D eigenvalue weighted by Crippen LogP contribution is 2.65. The third kappa shape index (κ3) is 6.95. The SMILES string of the molecule is c1ccc(-c2nnc(-c3ccc(-c4ccc(-c5nc6c(-c7ccc8c(c7)C7(c9ccccc9-c9ccccc97)c7ccccc7-8)ccc(-c7ccc8c(c7)C7(c9ccccc9-c9ccccc97)c7ccccc7-8)c6nc5-c5ccccc5)cc4)cc3)o2)cc1. The van der Waals surface area contributed by atoms with Gasteiger partial charge in [-0.25, -0.2) is 9.97 Å². The quantitative estimate of drug-likeness (QED) is 0.159. The molecule has 5 nitrogen and oxygen atoms in total. The molecule has 0 unspecified atom stereocenters. The standard InChI is InChI=1S/C84H50N4O/c1-3-19-53(20-4-1)77-78(54-39-35-51(36-40-54)52-37-41-56(42-38-52)82-88-87-81(89-82)55-21-5-2-6-22-55)86-80-60(58-44-46-68-66-28-12-18-34-74(66)84(76(68)50-58)71-31-15-9-25-63(71)64-26-10-16-32-72(64)84)48-47-59(79(80)85-77)57-43-45-67-65-27-11-17-33-73(65)83(75(67)49-57)69-29-13-7-23-61(69)62-24-8-14-30-70(62)83/h1-50H. The molecule has 0 radical (unpaired) electrons. The van der Waals surface area contributed by atoms with Crippen molar-refractivity contribution < 1.29 is 4.42 Å². The third-order valence-electron chi connectivity index (χ3n) is 19.6. The van der Waals surface area contributed by atoms with Gasteiger partial charge in [-0.1, -0.05) is 267 Å². The average molecular weight is 1130 g/mol. The summed E-state index contributed by atoms with van der Waals surface area (Å²) < 4.78 is 6.13. The molecule has 15 aromatic rings. The van der Waals surface area contributed by atoms with Crippen LogP contribution < -0.4 is 0 Å². The average Bonchev–Trinajstić information content (AvgIpc) is 1.53. The maximum atomic E-state index is 6.13. The first-order chi connectivity index (χ1) is 44.1. The number of hydrogen-bond acceptors (Lipinski definition) is 5. The van der Waals surface area contributed by atoms with Crippen LogP contribution in [0, 0.1) is 0 Å². The van der Waals surface area contributed by atoms with Crippen molar-refractivity contribution in [2.24, 2.45) is 0 Å². The molecular weight excluding hydrogens is 1080 g/mol. The summed E-state index contributed by atoms with van der Waals surface area (Å²) in [6.45, 7) is 0. The molecule has 4 aliphatic rings. The highest BCUT2D eigenvalue weighted by atomic mass is 16.4. The second-order valence-corrected chi connectivity index (χ2v) is 23.9. The van der Waals surface area contributed by atoms with Crippen molar-refractivity contribution in [3.05, 3.63) is 348 Å². The van der Waals surface area contributed by atoms with Crippen molar-refractivity contribution in [2.75, 3.05) is 0 Å². The molecule has 19 rings (SSSR count). The highest BCUT2D eigenvalue weighted by Gasteiger charge is 2.53. The summed E-state index contributed by atoms with van der Waals surface area (Å²) in [4.78, 5) is 12.0. The first kappa shape index (κ1) is 49.6. The van der Waals surface area contributed by atoms with Crippen LogP contribution in [0.2, 0.25) is 0 Å². The third-order valence-corrected chi connectivity index (χ3v) is 19.6. The van der Waals surface area contributed by atoms with Crippen LogP contribution in [-0.4, -0.2) is 20.2 Å². The highest BCUT2D eigenvalue weighted by molar-refractivity contribution is 6.06. The molecule has 0 fully saturated rings. The molecule has 2 heterocycles. The number of nitrogens with zero attached hydrogens (tertiary/aromatic N) is 4. The molecule has 0 bridgehead atoms. The zero-order valence-corrected chi connectivity index (χ0v) is 48.1. The van der Waals surface area contributed by atoms with Gasteiger partial charge in [-0.2, -0.15) is 0 Å². The molecule has 0 aliphatic heterocycles. The first-order valence-corrected chi connectivity index (χ1v) is 30.5. The van der Waals surface area contributed by atoms with E-state index in [0.29, 0.717) is 11.8 Å². The van der Waals surface area contributed by atoms with Gasteiger partial charge in [0.05, 0.1) is 33.3 Å². The van der Waals surface area contributed by atoms with Gasteiger partial charge in [0.1, 0.15) is 0 Å². The minimum absolute atomic E-state index is 0.478. The zero-order valence-electron chi connectivity index (χ0n) is 48.1. The van der Waals surface area contributed by atoms with Gasteiger partial charge in [0.25, 0.3) is 0 Å². The Kier molecular flexibility index (Phi) is 10.5. The second-order valence-electron chi connectivity index (χ2n) is 23.9. The fraction of sp³-hybridized carbons (Fsp3) is 0.0238. The molecule has 13 aromatic carbocycles. The van der Waals surface area contributed by atoms with Crippen LogP contribution in [0.5, 0.6) is 0 Å². The van der Waals surface area contributed by atoms with Crippen LogP contribution in [0.25, 0.3) is 134 Å². The predicted octanol–water partition coefficient (Wildman–Crippen LogP) is 20.4. The van der Waals surface area contributed by atoms with E-state index in [2.05, 4.69) is 271 Å². The smallest absolute Gasteiger partial charge is 0.248 e. The van der Waals surface area contributed by atoms with E-state index in [1.54, 1.807) is 0 Å². The molecule has 0 N–H and O–H groups in total. The summed E-state index contributed by atoms with van der Waals surface area (Å²) in [6, 6.07) is 111.